The molecule has 2 rings (SSSR count). The van der Waals surface area contributed by atoms with Crippen LogP contribution in [0.2, 0.25) is 0 Å². The summed E-state index contributed by atoms with van der Waals surface area (Å²) >= 11 is 0. The van der Waals surface area contributed by atoms with Gasteiger partial charge in [0.2, 0.25) is 0 Å². The van der Waals surface area contributed by atoms with Gasteiger partial charge < -0.3 is 4.90 Å². The van der Waals surface area contributed by atoms with E-state index in [2.05, 4.69) is 30.7 Å². The summed E-state index contributed by atoms with van der Waals surface area (Å²) in [5.74, 6) is -1.53. The minimum Gasteiger partial charge on any atom is -0.303 e. The molecule has 1 aromatic rings. The summed E-state index contributed by atoms with van der Waals surface area (Å²) in [4.78, 5) is 4.75. The summed E-state index contributed by atoms with van der Waals surface area (Å²) in [6.45, 7) is 8.45. The van der Waals surface area contributed by atoms with Gasteiger partial charge in [-0.3, -0.25) is 4.90 Å². The minimum absolute atomic E-state index is 0.131. The molecule has 4 heteroatoms. The Balaban J connectivity index is 1.96. The lowest BCUT2D eigenvalue weighted by Gasteiger charge is -2.46. The molecule has 0 spiro atoms. The third kappa shape index (κ3) is 3.51. The first-order chi connectivity index (χ1) is 8.88. The summed E-state index contributed by atoms with van der Waals surface area (Å²) in [7, 11) is 2.13. The van der Waals surface area contributed by atoms with Gasteiger partial charge in [-0.05, 0) is 45.0 Å². The molecule has 0 atom stereocenters. The van der Waals surface area contributed by atoms with Crippen LogP contribution in [0, 0.1) is 11.6 Å². The number of benzene rings is 1. The van der Waals surface area contributed by atoms with E-state index in [0.717, 1.165) is 38.2 Å². The zero-order chi connectivity index (χ0) is 14.0. The Morgan fingerprint density at radius 2 is 1.89 bits per heavy atom. The van der Waals surface area contributed by atoms with Crippen LogP contribution in [-0.4, -0.2) is 48.6 Å². The molecule has 2 nitrogen and oxygen atoms in total. The van der Waals surface area contributed by atoms with Crippen molar-refractivity contribution in [3.8, 4) is 0 Å². The van der Waals surface area contributed by atoms with Gasteiger partial charge in [0.05, 0.1) is 0 Å². The zero-order valence-electron chi connectivity index (χ0n) is 11.9. The largest absolute Gasteiger partial charge is 0.303 e. The van der Waals surface area contributed by atoms with E-state index >= 15 is 0 Å². The summed E-state index contributed by atoms with van der Waals surface area (Å²) in [6, 6.07) is 4.18. The molecule has 19 heavy (non-hydrogen) atoms. The van der Waals surface area contributed by atoms with E-state index in [1.807, 2.05) is 0 Å². The van der Waals surface area contributed by atoms with Crippen LogP contribution in [0.15, 0.2) is 18.2 Å². The third-order valence-electron chi connectivity index (χ3n) is 3.92. The maximum atomic E-state index is 13.2. The normalized spacial score (nSPS) is 20.7. The molecule has 0 bridgehead atoms. The predicted molar refractivity (Wildman–Crippen MR) is 73.2 cm³/mol. The van der Waals surface area contributed by atoms with E-state index in [4.69, 9.17) is 0 Å². The average molecular weight is 268 g/mol. The lowest BCUT2D eigenvalue weighted by molar-refractivity contribution is 0.0328. The summed E-state index contributed by atoms with van der Waals surface area (Å²) in [5, 5.41) is 0. The number of piperazine rings is 1. The van der Waals surface area contributed by atoms with Crippen LogP contribution in [0.5, 0.6) is 0 Å². The summed E-state index contributed by atoms with van der Waals surface area (Å²) < 4.78 is 26.0. The lowest BCUT2D eigenvalue weighted by atomic mass is 9.98. The quantitative estimate of drug-likeness (QED) is 0.831. The Morgan fingerprint density at radius 1 is 1.16 bits per heavy atom. The number of hydrogen-bond acceptors (Lipinski definition) is 2. The highest BCUT2D eigenvalue weighted by atomic mass is 19.2. The van der Waals surface area contributed by atoms with Crippen molar-refractivity contribution in [2.24, 2.45) is 0 Å². The van der Waals surface area contributed by atoms with E-state index in [1.165, 1.54) is 12.1 Å². The van der Waals surface area contributed by atoms with Crippen LogP contribution >= 0.6 is 0 Å². The molecule has 0 N–H and O–H groups in total. The van der Waals surface area contributed by atoms with E-state index in [9.17, 15) is 8.78 Å². The monoisotopic (exact) mass is 268 g/mol. The highest BCUT2D eigenvalue weighted by molar-refractivity contribution is 5.18. The van der Waals surface area contributed by atoms with E-state index < -0.39 is 11.6 Å². The first-order valence-corrected chi connectivity index (χ1v) is 6.76. The molecule has 1 saturated heterocycles. The molecule has 0 aliphatic carbocycles. The van der Waals surface area contributed by atoms with E-state index in [0.29, 0.717) is 0 Å². The van der Waals surface area contributed by atoms with E-state index in [1.54, 1.807) is 6.07 Å². The Bertz CT molecular complexity index is 446. The topological polar surface area (TPSA) is 6.48 Å². The molecular weight excluding hydrogens is 246 g/mol. The third-order valence-corrected chi connectivity index (χ3v) is 3.92. The van der Waals surface area contributed by atoms with Gasteiger partial charge in [0.25, 0.3) is 0 Å². The fraction of sp³-hybridized carbons (Fsp3) is 0.600. The van der Waals surface area contributed by atoms with Crippen molar-refractivity contribution >= 4 is 0 Å². The van der Waals surface area contributed by atoms with Crippen LogP contribution in [0.4, 0.5) is 8.78 Å². The maximum absolute atomic E-state index is 13.2. The Hall–Kier alpha value is -1.00. The standard InChI is InChI=1S/C15H22F2N2/c1-15(2)11-18(3)8-9-19(15)7-6-12-4-5-13(16)14(17)10-12/h4-5,10H,6-9,11H2,1-3H3. The number of nitrogens with zero attached hydrogens (tertiary/aromatic N) is 2. The molecule has 0 amide bonds. The molecule has 1 aliphatic rings. The fourth-order valence-corrected chi connectivity index (χ4v) is 2.81. The molecule has 1 aliphatic heterocycles. The van der Waals surface area contributed by atoms with Crippen molar-refractivity contribution in [3.63, 3.8) is 0 Å². The van der Waals surface area contributed by atoms with Crippen molar-refractivity contribution < 1.29 is 8.78 Å². The molecule has 0 aromatic heterocycles. The van der Waals surface area contributed by atoms with Crippen LogP contribution in [0.25, 0.3) is 0 Å². The molecular formula is C15H22F2N2. The molecule has 1 heterocycles. The predicted octanol–water partition coefficient (Wildman–Crippen LogP) is 2.53. The van der Waals surface area contributed by atoms with Crippen molar-refractivity contribution in [2.45, 2.75) is 25.8 Å². The molecule has 1 aromatic carbocycles. The summed E-state index contributed by atoms with van der Waals surface area (Å²) in [6.07, 6.45) is 0.754. The van der Waals surface area contributed by atoms with Crippen molar-refractivity contribution in [3.05, 3.63) is 35.4 Å². The van der Waals surface area contributed by atoms with Gasteiger partial charge in [0, 0.05) is 31.7 Å². The summed E-state index contributed by atoms with van der Waals surface area (Å²) in [5.41, 5.74) is 0.986. The average Bonchev–Trinajstić information content (AvgIpc) is 2.31. The zero-order valence-corrected chi connectivity index (χ0v) is 11.9. The highest BCUT2D eigenvalue weighted by Crippen LogP contribution is 2.20. The maximum Gasteiger partial charge on any atom is 0.159 e. The molecule has 0 radical (unpaired) electrons. The number of hydrogen-bond donors (Lipinski definition) is 0. The Labute approximate surface area is 114 Å². The molecule has 106 valence electrons. The van der Waals surface area contributed by atoms with Crippen LogP contribution in [0.3, 0.4) is 0 Å². The van der Waals surface area contributed by atoms with Gasteiger partial charge in [0.15, 0.2) is 11.6 Å². The van der Waals surface area contributed by atoms with Gasteiger partial charge in [-0.2, -0.15) is 0 Å². The first-order valence-electron chi connectivity index (χ1n) is 6.76. The number of halogens is 2. The molecule has 0 unspecified atom stereocenters. The Kier molecular flexibility index (Phi) is 4.21. The van der Waals surface area contributed by atoms with Gasteiger partial charge in [-0.25, -0.2) is 8.78 Å². The minimum atomic E-state index is -0.774. The van der Waals surface area contributed by atoms with Crippen molar-refractivity contribution in [1.82, 2.24) is 9.80 Å². The van der Waals surface area contributed by atoms with Gasteiger partial charge >= 0.3 is 0 Å². The molecule has 0 saturated carbocycles. The SMILES string of the molecule is CN1CCN(CCc2ccc(F)c(F)c2)C(C)(C)C1. The van der Waals surface area contributed by atoms with Crippen LogP contribution in [-0.2, 0) is 6.42 Å². The van der Waals surface area contributed by atoms with Crippen LogP contribution < -0.4 is 0 Å². The van der Waals surface area contributed by atoms with Gasteiger partial charge in [0.1, 0.15) is 0 Å². The van der Waals surface area contributed by atoms with Crippen molar-refractivity contribution in [1.29, 1.82) is 0 Å². The molecule has 1 fully saturated rings. The fourth-order valence-electron chi connectivity index (χ4n) is 2.81. The van der Waals surface area contributed by atoms with Crippen molar-refractivity contribution in [2.75, 3.05) is 33.2 Å². The smallest absolute Gasteiger partial charge is 0.159 e. The number of rotatable bonds is 3. The van der Waals surface area contributed by atoms with E-state index in [-0.39, 0.29) is 5.54 Å². The second kappa shape index (κ2) is 5.55. The van der Waals surface area contributed by atoms with Gasteiger partial charge in [-0.1, -0.05) is 6.07 Å². The highest BCUT2D eigenvalue weighted by Gasteiger charge is 2.31. The van der Waals surface area contributed by atoms with Crippen LogP contribution in [0.1, 0.15) is 19.4 Å². The lowest BCUT2D eigenvalue weighted by Crippen LogP contribution is -2.58. The second-order valence-electron chi connectivity index (χ2n) is 6.04. The Morgan fingerprint density at radius 3 is 2.53 bits per heavy atom. The first kappa shape index (κ1) is 14.4. The second-order valence-corrected chi connectivity index (χ2v) is 6.04. The number of likely N-dealkylation sites (N-methyl/N-ethyl adjacent to an activating group) is 1. The van der Waals surface area contributed by atoms with Gasteiger partial charge in [-0.15, -0.1) is 0 Å².